The Hall–Kier alpha value is -3.24. The number of nitrogens with zero attached hydrogens (tertiary/aromatic N) is 3. The topological polar surface area (TPSA) is 93.4 Å². The molecule has 2 unspecified atom stereocenters. The highest BCUT2D eigenvalue weighted by atomic mass is 32.2. The maximum atomic E-state index is 15.2. The van der Waals surface area contributed by atoms with Crippen molar-refractivity contribution < 1.29 is 17.2 Å². The van der Waals surface area contributed by atoms with Crippen molar-refractivity contribution in [1.29, 1.82) is 0 Å². The second-order valence-electron chi connectivity index (χ2n) is 7.60. The molecular weight excluding hydrogens is 438 g/mol. The molecule has 2 heterocycles. The normalized spacial score (nSPS) is 16.2. The van der Waals surface area contributed by atoms with E-state index >= 15 is 4.39 Å². The van der Waals surface area contributed by atoms with Gasteiger partial charge in [-0.15, -0.1) is 0 Å². The Morgan fingerprint density at radius 2 is 1.78 bits per heavy atom. The molecule has 2 atom stereocenters. The van der Waals surface area contributed by atoms with Gasteiger partial charge in [0.25, 0.3) is 5.56 Å². The van der Waals surface area contributed by atoms with Gasteiger partial charge in [-0.25, -0.2) is 26.6 Å². The molecule has 0 saturated heterocycles. The first-order chi connectivity index (χ1) is 15.2. The quantitative estimate of drug-likeness (QED) is 0.588. The fraction of sp³-hybridized carbons (Fsp3) is 0.227. The Morgan fingerprint density at radius 1 is 1.09 bits per heavy atom. The molecule has 3 aromatic rings. The molecule has 0 saturated carbocycles. The first kappa shape index (κ1) is 22.0. The lowest BCUT2D eigenvalue weighted by atomic mass is 9.91. The highest BCUT2D eigenvalue weighted by Gasteiger charge is 2.27. The number of thiol groups is 1. The van der Waals surface area contributed by atoms with Crippen molar-refractivity contribution in [2.45, 2.75) is 25.9 Å². The molecule has 0 fully saturated rings. The van der Waals surface area contributed by atoms with Crippen LogP contribution in [0.1, 0.15) is 48.2 Å². The Bertz CT molecular complexity index is 1370. The van der Waals surface area contributed by atoms with Crippen molar-refractivity contribution in [3.05, 3.63) is 86.7 Å². The molecule has 0 amide bonds. The van der Waals surface area contributed by atoms with Crippen molar-refractivity contribution in [2.75, 3.05) is 0 Å². The van der Waals surface area contributed by atoms with Crippen LogP contribution in [0.25, 0.3) is 11.3 Å². The van der Waals surface area contributed by atoms with E-state index in [1.165, 1.54) is 49.0 Å². The van der Waals surface area contributed by atoms with Crippen molar-refractivity contribution in [2.24, 2.45) is 12.0 Å². The minimum absolute atomic E-state index is 0.123. The van der Waals surface area contributed by atoms with Crippen LogP contribution >= 0.6 is 0 Å². The monoisotopic (exact) mass is 458 g/mol. The summed E-state index contributed by atoms with van der Waals surface area (Å²) in [5.74, 6) is -1.05. The summed E-state index contributed by atoms with van der Waals surface area (Å²) in [7, 11) is -1.44. The van der Waals surface area contributed by atoms with E-state index in [1.807, 2.05) is 0 Å². The van der Waals surface area contributed by atoms with E-state index in [2.05, 4.69) is 9.82 Å². The number of halogens is 2. The zero-order valence-corrected chi connectivity index (χ0v) is 18.4. The number of hydrogen-bond acceptors (Lipinski definition) is 5. The molecule has 10 heteroatoms. The van der Waals surface area contributed by atoms with Gasteiger partial charge in [-0.1, -0.05) is 0 Å². The predicted molar refractivity (Wildman–Crippen MR) is 117 cm³/mol. The molecule has 0 aliphatic carbocycles. The molecule has 1 N–H and O–H groups in total. The van der Waals surface area contributed by atoms with E-state index in [0.29, 0.717) is 33.7 Å². The summed E-state index contributed by atoms with van der Waals surface area (Å²) >= 11 is 0. The molecule has 1 aliphatic heterocycles. The third-order valence-corrected chi connectivity index (χ3v) is 6.02. The van der Waals surface area contributed by atoms with Crippen LogP contribution in [0, 0.1) is 11.6 Å². The number of nitrogens with one attached hydrogen (secondary N) is 1. The summed E-state index contributed by atoms with van der Waals surface area (Å²) in [6.45, 7) is 3.32. The maximum absolute atomic E-state index is 15.2. The van der Waals surface area contributed by atoms with E-state index in [9.17, 15) is 17.6 Å². The van der Waals surface area contributed by atoms with Gasteiger partial charge < -0.3 is 0 Å². The third kappa shape index (κ3) is 3.98. The van der Waals surface area contributed by atoms with Gasteiger partial charge in [0, 0.05) is 47.0 Å². The number of rotatable bonds is 4. The van der Waals surface area contributed by atoms with Crippen molar-refractivity contribution in [3.8, 4) is 11.3 Å². The summed E-state index contributed by atoms with van der Waals surface area (Å²) in [6.07, 6.45) is 0. The van der Waals surface area contributed by atoms with Crippen LogP contribution in [0.15, 0.2) is 52.3 Å². The zero-order valence-electron chi connectivity index (χ0n) is 17.5. The zero-order chi connectivity index (χ0) is 23.2. The number of benzene rings is 2. The lowest BCUT2D eigenvalue weighted by Gasteiger charge is -2.17. The summed E-state index contributed by atoms with van der Waals surface area (Å²) in [4.78, 5) is 17.0. The third-order valence-electron chi connectivity index (χ3n) is 5.42. The van der Waals surface area contributed by atoms with Gasteiger partial charge in [0.1, 0.15) is 11.6 Å². The molecule has 1 aliphatic rings. The lowest BCUT2D eigenvalue weighted by Crippen LogP contribution is -2.21. The summed E-state index contributed by atoms with van der Waals surface area (Å²) in [5, 5.41) is 4.41. The van der Waals surface area contributed by atoms with Crippen LogP contribution in [0.4, 0.5) is 8.78 Å². The van der Waals surface area contributed by atoms with Crippen LogP contribution in [-0.4, -0.2) is 23.9 Å². The summed E-state index contributed by atoms with van der Waals surface area (Å²) in [5.41, 5.74) is 2.69. The number of aliphatic imine (C=N–C) groups is 1. The highest BCUT2D eigenvalue weighted by Crippen LogP contribution is 2.37. The SMILES string of the molecule is CC1N=C(c2ccc(F)cc2)c2cc(F)c(C(C)N[SH](=O)=O)cc2-c2nn(C)c(=O)cc21. The number of aryl methyl sites for hydroxylation is 1. The molecule has 7 nitrogen and oxygen atoms in total. The summed E-state index contributed by atoms with van der Waals surface area (Å²) in [6, 6.07) is 8.59. The number of fused-ring (bicyclic) bond motifs is 3. The molecule has 0 bridgehead atoms. The molecule has 32 heavy (non-hydrogen) atoms. The van der Waals surface area contributed by atoms with Crippen molar-refractivity contribution in [1.82, 2.24) is 14.5 Å². The molecule has 0 spiro atoms. The van der Waals surface area contributed by atoms with E-state index in [1.54, 1.807) is 19.1 Å². The predicted octanol–water partition coefficient (Wildman–Crippen LogP) is 2.81. The van der Waals surface area contributed by atoms with Gasteiger partial charge in [-0.3, -0.25) is 9.79 Å². The molecule has 4 rings (SSSR count). The van der Waals surface area contributed by atoms with E-state index < -0.39 is 34.6 Å². The van der Waals surface area contributed by atoms with Crippen LogP contribution in [0.2, 0.25) is 0 Å². The molecule has 0 radical (unpaired) electrons. The fourth-order valence-corrected chi connectivity index (χ4v) is 4.25. The minimum Gasteiger partial charge on any atom is -0.276 e. The van der Waals surface area contributed by atoms with E-state index in [4.69, 9.17) is 4.99 Å². The standard InChI is InChI=1S/C22H20F2N4O3S/c1-11-16-10-20(29)28(3)26-22(16)17-8-15(12(2)27-32(30)31)19(24)9-18(17)21(25-11)13-4-6-14(23)7-5-13/h4-12,32H,1-3H3,(H,27,30,31). The Labute approximate surface area is 184 Å². The van der Waals surface area contributed by atoms with Crippen LogP contribution in [0.3, 0.4) is 0 Å². The Morgan fingerprint density at radius 3 is 2.44 bits per heavy atom. The number of aromatic nitrogens is 2. The Balaban J connectivity index is 2.04. The first-order valence-corrected chi connectivity index (χ1v) is 11.0. The van der Waals surface area contributed by atoms with Crippen LogP contribution in [-0.2, 0) is 17.9 Å². The highest BCUT2D eigenvalue weighted by molar-refractivity contribution is 7.70. The smallest absolute Gasteiger partial charge is 0.266 e. The van der Waals surface area contributed by atoms with Gasteiger partial charge in [-0.2, -0.15) is 5.10 Å². The largest absolute Gasteiger partial charge is 0.276 e. The lowest BCUT2D eigenvalue weighted by molar-refractivity contribution is 0.563. The maximum Gasteiger partial charge on any atom is 0.266 e. The fourth-order valence-electron chi connectivity index (χ4n) is 3.79. The van der Waals surface area contributed by atoms with E-state index in [0.717, 1.165) is 0 Å². The molecule has 1 aromatic heterocycles. The second kappa shape index (κ2) is 8.36. The summed E-state index contributed by atoms with van der Waals surface area (Å²) < 4.78 is 54.4. The van der Waals surface area contributed by atoms with E-state index in [-0.39, 0.29) is 11.1 Å². The van der Waals surface area contributed by atoms with Gasteiger partial charge >= 0.3 is 0 Å². The van der Waals surface area contributed by atoms with Gasteiger partial charge in [-0.05, 0) is 50.2 Å². The van der Waals surface area contributed by atoms with Gasteiger partial charge in [0.2, 0.25) is 10.9 Å². The van der Waals surface area contributed by atoms with Crippen molar-refractivity contribution >= 4 is 16.6 Å². The van der Waals surface area contributed by atoms with Crippen molar-refractivity contribution in [3.63, 3.8) is 0 Å². The van der Waals surface area contributed by atoms with Gasteiger partial charge in [0.15, 0.2) is 0 Å². The van der Waals surface area contributed by atoms with Crippen LogP contribution in [0.5, 0.6) is 0 Å². The average molecular weight is 458 g/mol. The number of hydrogen-bond donors (Lipinski definition) is 2. The van der Waals surface area contributed by atoms with Gasteiger partial charge in [0.05, 0.1) is 17.4 Å². The minimum atomic E-state index is -2.95. The Kier molecular flexibility index (Phi) is 5.74. The van der Waals surface area contributed by atoms with Crippen LogP contribution < -0.4 is 10.3 Å². The average Bonchev–Trinajstić information content (AvgIpc) is 2.83. The second-order valence-corrected chi connectivity index (χ2v) is 8.37. The molecular formula is C22H20F2N4O3S. The first-order valence-electron chi connectivity index (χ1n) is 9.82. The molecule has 2 aromatic carbocycles. The molecule has 166 valence electrons.